The van der Waals surface area contributed by atoms with Gasteiger partial charge < -0.3 is 14.9 Å². The van der Waals surface area contributed by atoms with Crippen LogP contribution in [0, 0.1) is 11.7 Å². The molecule has 0 heterocycles. The van der Waals surface area contributed by atoms with Crippen molar-refractivity contribution in [3.05, 3.63) is 29.6 Å². The summed E-state index contributed by atoms with van der Waals surface area (Å²) < 4.78 is 18.9. The maximum absolute atomic E-state index is 13.6. The Balaban J connectivity index is 1.87. The highest BCUT2D eigenvalue weighted by molar-refractivity contribution is 5.34. The number of aliphatic hydroxyl groups is 2. The van der Waals surface area contributed by atoms with E-state index in [2.05, 4.69) is 0 Å². The molecule has 1 saturated carbocycles. The first kappa shape index (κ1) is 14.3. The van der Waals surface area contributed by atoms with Crippen molar-refractivity contribution in [2.45, 2.75) is 44.8 Å². The summed E-state index contributed by atoms with van der Waals surface area (Å²) in [7, 11) is 0. The van der Waals surface area contributed by atoms with Gasteiger partial charge in [-0.3, -0.25) is 0 Å². The molecule has 1 atom stereocenters. The summed E-state index contributed by atoms with van der Waals surface area (Å²) >= 11 is 0. The van der Waals surface area contributed by atoms with E-state index in [-0.39, 0.29) is 19.0 Å². The smallest absolute Gasteiger partial charge is 0.165 e. The van der Waals surface area contributed by atoms with E-state index in [1.54, 1.807) is 6.07 Å². The summed E-state index contributed by atoms with van der Waals surface area (Å²) in [5, 5.41) is 19.0. The fraction of sp³-hybridized carbons (Fsp3) is 0.600. The highest BCUT2D eigenvalue weighted by Crippen LogP contribution is 2.29. The third-order valence-corrected chi connectivity index (χ3v) is 3.72. The van der Waals surface area contributed by atoms with Crippen LogP contribution in [0.5, 0.6) is 5.75 Å². The number of ether oxygens (including phenoxy) is 1. The van der Waals surface area contributed by atoms with Gasteiger partial charge in [0.25, 0.3) is 0 Å². The van der Waals surface area contributed by atoms with Crippen LogP contribution in [0.4, 0.5) is 4.39 Å². The van der Waals surface area contributed by atoms with E-state index < -0.39 is 11.9 Å². The van der Waals surface area contributed by atoms with E-state index in [4.69, 9.17) is 9.84 Å². The van der Waals surface area contributed by atoms with Crippen LogP contribution in [0.25, 0.3) is 0 Å². The Morgan fingerprint density at radius 2 is 2.05 bits per heavy atom. The first-order valence-corrected chi connectivity index (χ1v) is 6.90. The number of hydrogen-bond acceptors (Lipinski definition) is 3. The van der Waals surface area contributed by atoms with Gasteiger partial charge in [-0.2, -0.15) is 0 Å². The van der Waals surface area contributed by atoms with E-state index in [9.17, 15) is 9.50 Å². The Hall–Kier alpha value is -1.13. The van der Waals surface area contributed by atoms with Crippen molar-refractivity contribution >= 4 is 0 Å². The number of rotatable bonds is 6. The summed E-state index contributed by atoms with van der Waals surface area (Å²) in [5.41, 5.74) is 0.410. The molecule has 1 aliphatic carbocycles. The van der Waals surface area contributed by atoms with Crippen LogP contribution in [-0.4, -0.2) is 22.9 Å². The van der Waals surface area contributed by atoms with Gasteiger partial charge in [0, 0.05) is 5.56 Å². The molecule has 106 valence electrons. The Morgan fingerprint density at radius 3 is 2.74 bits per heavy atom. The van der Waals surface area contributed by atoms with Gasteiger partial charge in [0.05, 0.1) is 12.7 Å². The summed E-state index contributed by atoms with van der Waals surface area (Å²) in [6.07, 6.45) is 4.94. The molecule has 2 rings (SSSR count). The molecular weight excluding hydrogens is 247 g/mol. The molecular formula is C15H21FO3. The minimum absolute atomic E-state index is 0.0514. The van der Waals surface area contributed by atoms with Crippen molar-refractivity contribution in [1.29, 1.82) is 0 Å². The lowest BCUT2D eigenvalue weighted by molar-refractivity contribution is 0.0824. The van der Waals surface area contributed by atoms with Crippen LogP contribution < -0.4 is 4.74 Å². The molecule has 1 aliphatic rings. The fourth-order valence-electron chi connectivity index (χ4n) is 2.72. The van der Waals surface area contributed by atoms with Gasteiger partial charge >= 0.3 is 0 Å². The number of aliphatic hydroxyl groups excluding tert-OH is 2. The monoisotopic (exact) mass is 268 g/mol. The van der Waals surface area contributed by atoms with Crippen LogP contribution in [0.2, 0.25) is 0 Å². The predicted octanol–water partition coefficient (Wildman–Crippen LogP) is 2.64. The standard InChI is InChI=1S/C15H21FO3/c16-14-7-3-6-12(9-17)15(14)19-10-13(18)8-11-4-1-2-5-11/h3,6-7,11,13,17-18H,1-2,4-5,8-10H2. The van der Waals surface area contributed by atoms with Crippen molar-refractivity contribution in [2.24, 2.45) is 5.92 Å². The normalized spacial score (nSPS) is 17.6. The molecule has 0 aliphatic heterocycles. The second-order valence-corrected chi connectivity index (χ2v) is 5.24. The van der Waals surface area contributed by atoms with Gasteiger partial charge in [-0.25, -0.2) is 4.39 Å². The summed E-state index contributed by atoms with van der Waals surface area (Å²) in [4.78, 5) is 0. The van der Waals surface area contributed by atoms with Crippen LogP contribution in [-0.2, 0) is 6.61 Å². The highest BCUT2D eigenvalue weighted by atomic mass is 19.1. The topological polar surface area (TPSA) is 49.7 Å². The van der Waals surface area contributed by atoms with E-state index in [1.807, 2.05) is 0 Å². The van der Waals surface area contributed by atoms with Crippen LogP contribution in [0.15, 0.2) is 18.2 Å². The van der Waals surface area contributed by atoms with Gasteiger partial charge in [0.2, 0.25) is 0 Å². The van der Waals surface area contributed by atoms with Gasteiger partial charge in [0.15, 0.2) is 11.6 Å². The first-order valence-electron chi connectivity index (χ1n) is 6.90. The minimum Gasteiger partial charge on any atom is -0.487 e. The molecule has 1 unspecified atom stereocenters. The number of benzene rings is 1. The van der Waals surface area contributed by atoms with Gasteiger partial charge in [0.1, 0.15) is 6.61 Å². The number of hydrogen-bond donors (Lipinski definition) is 2. The number of halogens is 1. The quantitative estimate of drug-likeness (QED) is 0.834. The van der Waals surface area contributed by atoms with E-state index >= 15 is 0 Å². The lowest BCUT2D eigenvalue weighted by atomic mass is 10.0. The van der Waals surface area contributed by atoms with Gasteiger partial charge in [-0.15, -0.1) is 0 Å². The third-order valence-electron chi connectivity index (χ3n) is 3.72. The third kappa shape index (κ3) is 3.91. The van der Waals surface area contributed by atoms with Crippen molar-refractivity contribution in [2.75, 3.05) is 6.61 Å². The molecule has 0 bridgehead atoms. The molecule has 2 N–H and O–H groups in total. The molecule has 1 fully saturated rings. The summed E-state index contributed by atoms with van der Waals surface area (Å²) in [6, 6.07) is 4.43. The minimum atomic E-state index is -0.575. The average molecular weight is 268 g/mol. The molecule has 0 aromatic heterocycles. The maximum atomic E-state index is 13.6. The molecule has 0 amide bonds. The van der Waals surface area contributed by atoms with E-state index in [0.717, 1.165) is 0 Å². The van der Waals surface area contributed by atoms with Crippen molar-refractivity contribution < 1.29 is 19.3 Å². The second kappa shape index (κ2) is 6.87. The van der Waals surface area contributed by atoms with Crippen LogP contribution in [0.3, 0.4) is 0 Å². The molecule has 19 heavy (non-hydrogen) atoms. The lowest BCUT2D eigenvalue weighted by Gasteiger charge is -2.17. The SMILES string of the molecule is OCc1cccc(F)c1OCC(O)CC1CCCC1. The second-order valence-electron chi connectivity index (χ2n) is 5.24. The van der Waals surface area contributed by atoms with Crippen molar-refractivity contribution in [3.63, 3.8) is 0 Å². The maximum Gasteiger partial charge on any atom is 0.165 e. The lowest BCUT2D eigenvalue weighted by Crippen LogP contribution is -2.21. The van der Waals surface area contributed by atoms with Crippen LogP contribution in [0.1, 0.15) is 37.7 Å². The summed E-state index contributed by atoms with van der Waals surface area (Å²) in [5.74, 6) is 0.117. The van der Waals surface area contributed by atoms with Crippen LogP contribution >= 0.6 is 0 Å². The Bertz CT molecular complexity index is 402. The predicted molar refractivity (Wildman–Crippen MR) is 70.4 cm³/mol. The zero-order chi connectivity index (χ0) is 13.7. The molecule has 0 saturated heterocycles. The Labute approximate surface area is 113 Å². The zero-order valence-corrected chi connectivity index (χ0v) is 11.0. The van der Waals surface area contributed by atoms with E-state index in [0.29, 0.717) is 17.9 Å². The largest absolute Gasteiger partial charge is 0.487 e. The summed E-state index contributed by atoms with van der Waals surface area (Å²) in [6.45, 7) is -0.198. The fourth-order valence-corrected chi connectivity index (χ4v) is 2.72. The van der Waals surface area contributed by atoms with E-state index in [1.165, 1.54) is 37.8 Å². The van der Waals surface area contributed by atoms with Crippen molar-refractivity contribution in [1.82, 2.24) is 0 Å². The zero-order valence-electron chi connectivity index (χ0n) is 11.0. The Morgan fingerprint density at radius 1 is 1.32 bits per heavy atom. The van der Waals surface area contributed by atoms with Gasteiger partial charge in [-0.1, -0.05) is 37.8 Å². The molecule has 0 radical (unpaired) electrons. The number of para-hydroxylation sites is 1. The Kier molecular flexibility index (Phi) is 5.16. The molecule has 0 spiro atoms. The van der Waals surface area contributed by atoms with Gasteiger partial charge in [-0.05, 0) is 18.4 Å². The highest BCUT2D eigenvalue weighted by Gasteiger charge is 2.20. The molecule has 3 nitrogen and oxygen atoms in total. The average Bonchev–Trinajstić information content (AvgIpc) is 2.89. The molecule has 1 aromatic rings. The molecule has 4 heteroatoms. The van der Waals surface area contributed by atoms with Crippen molar-refractivity contribution in [3.8, 4) is 5.75 Å². The molecule has 1 aromatic carbocycles. The first-order chi connectivity index (χ1) is 9.20.